The number of halogens is 1. The van der Waals surface area contributed by atoms with Crippen LogP contribution >= 0.6 is 11.6 Å². The molecule has 0 radical (unpaired) electrons. The molecule has 2 atom stereocenters. The van der Waals surface area contributed by atoms with Crippen LogP contribution in [0.25, 0.3) is 16.8 Å². The fraction of sp³-hybridized carbons (Fsp3) is 0.321. The van der Waals surface area contributed by atoms with Gasteiger partial charge in [-0.15, -0.1) is 0 Å². The summed E-state index contributed by atoms with van der Waals surface area (Å²) in [6.45, 7) is 1.60. The SMILES string of the molecule is CN(N)/C=C(\N)C1CC1c1c(C=O)cnn1-c1cc(Cl)cc(-c2cccc(C(=O)N3CCCCC3)c2)c1. The van der Waals surface area contributed by atoms with Gasteiger partial charge in [0.2, 0.25) is 0 Å². The first-order chi connectivity index (χ1) is 17.9. The number of aldehydes is 1. The highest BCUT2D eigenvalue weighted by atomic mass is 35.5. The summed E-state index contributed by atoms with van der Waals surface area (Å²) in [6, 6.07) is 13.3. The van der Waals surface area contributed by atoms with E-state index < -0.39 is 0 Å². The van der Waals surface area contributed by atoms with Crippen LogP contribution in [0.4, 0.5) is 0 Å². The molecule has 3 aromatic rings. The number of hydrazine groups is 1. The van der Waals surface area contributed by atoms with E-state index in [1.54, 1.807) is 24.1 Å². The number of allylic oxidation sites excluding steroid dienone is 1. The van der Waals surface area contributed by atoms with Gasteiger partial charge in [-0.05, 0) is 67.1 Å². The van der Waals surface area contributed by atoms with Crippen molar-refractivity contribution in [3.8, 4) is 16.8 Å². The van der Waals surface area contributed by atoms with Crippen molar-refractivity contribution in [1.29, 1.82) is 0 Å². The molecule has 1 amide bonds. The van der Waals surface area contributed by atoms with Crippen molar-refractivity contribution in [2.45, 2.75) is 31.6 Å². The van der Waals surface area contributed by atoms with E-state index in [4.69, 9.17) is 23.2 Å². The number of amides is 1. The molecule has 1 aromatic heterocycles. The van der Waals surface area contributed by atoms with Crippen LogP contribution in [0.2, 0.25) is 5.02 Å². The maximum atomic E-state index is 13.1. The second-order valence-electron chi connectivity index (χ2n) is 9.89. The molecule has 8 nitrogen and oxygen atoms in total. The number of nitrogens with two attached hydrogens (primary N) is 2. The van der Waals surface area contributed by atoms with Crippen molar-refractivity contribution < 1.29 is 9.59 Å². The minimum absolute atomic E-state index is 0.0480. The van der Waals surface area contributed by atoms with Gasteiger partial charge in [0.25, 0.3) is 5.91 Å². The van der Waals surface area contributed by atoms with Crippen LogP contribution in [0.1, 0.15) is 58.0 Å². The second-order valence-corrected chi connectivity index (χ2v) is 10.3. The molecule has 0 spiro atoms. The van der Waals surface area contributed by atoms with E-state index in [9.17, 15) is 9.59 Å². The van der Waals surface area contributed by atoms with Crippen molar-refractivity contribution in [3.05, 3.63) is 82.4 Å². The molecule has 1 saturated heterocycles. The first-order valence-electron chi connectivity index (χ1n) is 12.5. The number of hydrogen-bond acceptors (Lipinski definition) is 6. The van der Waals surface area contributed by atoms with Crippen molar-refractivity contribution >= 4 is 23.8 Å². The van der Waals surface area contributed by atoms with Crippen molar-refractivity contribution in [2.75, 3.05) is 20.1 Å². The van der Waals surface area contributed by atoms with Crippen LogP contribution in [-0.2, 0) is 0 Å². The lowest BCUT2D eigenvalue weighted by Crippen LogP contribution is -2.35. The van der Waals surface area contributed by atoms with Gasteiger partial charge in [0.15, 0.2) is 6.29 Å². The van der Waals surface area contributed by atoms with Gasteiger partial charge in [0.05, 0.1) is 23.1 Å². The van der Waals surface area contributed by atoms with Gasteiger partial charge in [-0.1, -0.05) is 23.7 Å². The van der Waals surface area contributed by atoms with Crippen molar-refractivity contribution in [3.63, 3.8) is 0 Å². The zero-order valence-electron chi connectivity index (χ0n) is 20.8. The predicted octanol–water partition coefficient (Wildman–Crippen LogP) is 4.34. The fourth-order valence-corrected chi connectivity index (χ4v) is 5.44. The van der Waals surface area contributed by atoms with Crippen LogP contribution in [0.5, 0.6) is 0 Å². The van der Waals surface area contributed by atoms with Crippen LogP contribution in [0.15, 0.2) is 60.6 Å². The van der Waals surface area contributed by atoms with Gasteiger partial charge >= 0.3 is 0 Å². The summed E-state index contributed by atoms with van der Waals surface area (Å²) in [5.41, 5.74) is 11.4. The Bertz CT molecular complexity index is 1360. The quantitative estimate of drug-likeness (QED) is 0.273. The summed E-state index contributed by atoms with van der Waals surface area (Å²) in [5.74, 6) is 5.91. The second kappa shape index (κ2) is 10.4. The molecule has 9 heteroatoms. The average molecular weight is 519 g/mol. The van der Waals surface area contributed by atoms with Crippen molar-refractivity contribution in [2.24, 2.45) is 17.5 Å². The first-order valence-corrected chi connectivity index (χ1v) is 12.9. The maximum Gasteiger partial charge on any atom is 0.253 e. The zero-order chi connectivity index (χ0) is 26.1. The summed E-state index contributed by atoms with van der Waals surface area (Å²) in [4.78, 5) is 26.9. The largest absolute Gasteiger partial charge is 0.401 e. The van der Waals surface area contributed by atoms with E-state index in [2.05, 4.69) is 5.10 Å². The van der Waals surface area contributed by atoms with Gasteiger partial charge in [-0.25, -0.2) is 10.5 Å². The third kappa shape index (κ3) is 5.26. The number of carbonyl (C=O) groups is 2. The third-order valence-corrected chi connectivity index (χ3v) is 7.32. The molecular formula is C28H31ClN6O2. The highest BCUT2D eigenvalue weighted by Crippen LogP contribution is 2.51. The minimum Gasteiger partial charge on any atom is -0.401 e. The molecule has 37 heavy (non-hydrogen) atoms. The maximum absolute atomic E-state index is 13.1. The van der Waals surface area contributed by atoms with E-state index in [-0.39, 0.29) is 17.7 Å². The molecule has 4 N–H and O–H groups in total. The molecule has 2 unspecified atom stereocenters. The topological polar surface area (TPSA) is 110 Å². The van der Waals surface area contributed by atoms with Crippen LogP contribution < -0.4 is 11.6 Å². The normalized spacial score (nSPS) is 19.5. The number of benzene rings is 2. The number of aromatic nitrogens is 2. The summed E-state index contributed by atoms with van der Waals surface area (Å²) >= 11 is 6.56. The average Bonchev–Trinajstić information content (AvgIpc) is 3.58. The monoisotopic (exact) mass is 518 g/mol. The Labute approximate surface area is 221 Å². The van der Waals surface area contributed by atoms with E-state index in [1.165, 1.54) is 11.4 Å². The Kier molecular flexibility index (Phi) is 7.04. The zero-order valence-corrected chi connectivity index (χ0v) is 21.6. The number of nitrogens with zero attached hydrogens (tertiary/aromatic N) is 4. The smallest absolute Gasteiger partial charge is 0.253 e. The molecule has 1 aliphatic heterocycles. The summed E-state index contributed by atoms with van der Waals surface area (Å²) < 4.78 is 1.77. The predicted molar refractivity (Wildman–Crippen MR) is 144 cm³/mol. The molecule has 192 valence electrons. The summed E-state index contributed by atoms with van der Waals surface area (Å²) in [5, 5.41) is 6.49. The molecule has 5 rings (SSSR count). The Morgan fingerprint density at radius 1 is 1.14 bits per heavy atom. The fourth-order valence-electron chi connectivity index (χ4n) is 5.21. The Morgan fingerprint density at radius 3 is 2.65 bits per heavy atom. The van der Waals surface area contributed by atoms with Gasteiger partial charge < -0.3 is 15.6 Å². The molecule has 2 heterocycles. The highest BCUT2D eigenvalue weighted by molar-refractivity contribution is 6.31. The van der Waals surface area contributed by atoms with E-state index in [0.29, 0.717) is 21.8 Å². The van der Waals surface area contributed by atoms with Crippen molar-refractivity contribution in [1.82, 2.24) is 19.7 Å². The van der Waals surface area contributed by atoms with Gasteiger partial charge in [-0.2, -0.15) is 5.10 Å². The minimum atomic E-state index is 0.0480. The van der Waals surface area contributed by atoms with Gasteiger partial charge in [0, 0.05) is 54.5 Å². The van der Waals surface area contributed by atoms with Gasteiger partial charge in [-0.3, -0.25) is 9.59 Å². The number of carbonyl (C=O) groups excluding carboxylic acids is 2. The molecule has 2 fully saturated rings. The molecule has 0 bridgehead atoms. The molecule has 2 aromatic carbocycles. The Morgan fingerprint density at radius 2 is 1.92 bits per heavy atom. The standard InChI is InChI=1S/C28H31ClN6O2/c1-33(31)16-26(30)24-14-25(24)27-21(17-36)15-32-35(27)23-12-20(11-22(29)13-23)18-6-5-7-19(10-18)28(37)34-8-3-2-4-9-34/h5-7,10-13,15-17,24-25H,2-4,8-9,14,30-31H2,1H3/b26-16-. The van der Waals surface area contributed by atoms with Gasteiger partial charge in [0.1, 0.15) is 0 Å². The van der Waals surface area contributed by atoms with E-state index >= 15 is 0 Å². The van der Waals surface area contributed by atoms with Crippen LogP contribution in [0, 0.1) is 5.92 Å². The summed E-state index contributed by atoms with van der Waals surface area (Å²) in [7, 11) is 1.72. The number of piperidine rings is 1. The Balaban J connectivity index is 1.48. The van der Waals surface area contributed by atoms with Crippen LogP contribution in [0.3, 0.4) is 0 Å². The van der Waals surface area contributed by atoms with Crippen LogP contribution in [-0.4, -0.2) is 52.0 Å². The molecule has 1 saturated carbocycles. The van der Waals surface area contributed by atoms with E-state index in [1.807, 2.05) is 47.4 Å². The molecular weight excluding hydrogens is 488 g/mol. The lowest BCUT2D eigenvalue weighted by atomic mass is 10.0. The number of hydrogen-bond donors (Lipinski definition) is 2. The first kappa shape index (κ1) is 25.0. The molecule has 1 aliphatic carbocycles. The van der Waals surface area contributed by atoms with E-state index in [0.717, 1.165) is 61.1 Å². The number of rotatable bonds is 7. The summed E-state index contributed by atoms with van der Waals surface area (Å²) in [6.07, 6.45) is 8.16. The lowest BCUT2D eigenvalue weighted by Gasteiger charge is -2.26. The third-order valence-electron chi connectivity index (χ3n) is 7.10. The Hall–Kier alpha value is -3.62. The lowest BCUT2D eigenvalue weighted by molar-refractivity contribution is 0.0724. The number of likely N-dealkylation sites (tertiary alicyclic amines) is 1. The highest BCUT2D eigenvalue weighted by Gasteiger charge is 2.44. The molecule has 2 aliphatic rings.